The first-order valence-corrected chi connectivity index (χ1v) is 9.63. The number of hydrogen-bond acceptors (Lipinski definition) is 7. The second-order valence-corrected chi connectivity index (χ2v) is 7.02. The molecule has 1 aliphatic heterocycles. The Morgan fingerprint density at radius 3 is 2.74 bits per heavy atom. The van der Waals surface area contributed by atoms with Crippen molar-refractivity contribution in [2.45, 2.75) is 26.7 Å². The zero-order valence-electron chi connectivity index (χ0n) is 15.0. The Labute approximate surface area is 166 Å². The van der Waals surface area contributed by atoms with Crippen LogP contribution in [0.5, 0.6) is 11.5 Å². The zero-order chi connectivity index (χ0) is 20.0. The minimum atomic E-state index is -0.627. The molecule has 27 heavy (non-hydrogen) atoms. The second kappa shape index (κ2) is 9.66. The Morgan fingerprint density at radius 1 is 1.33 bits per heavy atom. The summed E-state index contributed by atoms with van der Waals surface area (Å²) < 4.78 is 10.3. The maximum Gasteiger partial charge on any atom is 0.326 e. The molecular weight excluding hydrogens is 394 g/mol. The highest BCUT2D eigenvalue weighted by atomic mass is 35.5. The normalized spacial score (nSPS) is 15.5. The molecule has 146 valence electrons. The number of phenols is 1. The Morgan fingerprint density at radius 2 is 2.07 bits per heavy atom. The number of esters is 1. The molecule has 2 rings (SSSR count). The standard InChI is InChI=1S/C18H20ClNO6S/c1-3-5-6-26-15(21)10-20-17(23)14(27-18(20)24)9-11-7-12(19)16(22)13(8-11)25-4-2/h7-9,22H,3-6,10H2,1-2H3/b14-9-. The summed E-state index contributed by atoms with van der Waals surface area (Å²) in [7, 11) is 0. The van der Waals surface area contributed by atoms with E-state index < -0.39 is 23.7 Å². The fourth-order valence-corrected chi connectivity index (χ4v) is 3.29. The number of unbranched alkanes of at least 4 members (excludes halogenated alkanes) is 1. The summed E-state index contributed by atoms with van der Waals surface area (Å²) in [6, 6.07) is 2.96. The molecule has 1 N–H and O–H groups in total. The van der Waals surface area contributed by atoms with Gasteiger partial charge in [0.1, 0.15) is 6.54 Å². The Kier molecular flexibility index (Phi) is 7.55. The second-order valence-electron chi connectivity index (χ2n) is 5.62. The van der Waals surface area contributed by atoms with Gasteiger partial charge >= 0.3 is 5.97 Å². The van der Waals surface area contributed by atoms with E-state index in [1.165, 1.54) is 18.2 Å². The number of benzene rings is 1. The van der Waals surface area contributed by atoms with Gasteiger partial charge in [0.2, 0.25) is 0 Å². The number of ether oxygens (including phenoxy) is 2. The van der Waals surface area contributed by atoms with Crippen molar-refractivity contribution >= 4 is 46.6 Å². The Hall–Kier alpha value is -2.19. The van der Waals surface area contributed by atoms with Gasteiger partial charge in [-0.25, -0.2) is 0 Å². The molecule has 0 bridgehead atoms. The van der Waals surface area contributed by atoms with Crippen molar-refractivity contribution in [2.24, 2.45) is 0 Å². The lowest BCUT2D eigenvalue weighted by molar-refractivity contribution is -0.146. The highest BCUT2D eigenvalue weighted by Gasteiger charge is 2.36. The number of rotatable bonds is 8. The van der Waals surface area contributed by atoms with E-state index in [1.807, 2.05) is 6.92 Å². The molecule has 1 aromatic carbocycles. The number of amides is 2. The van der Waals surface area contributed by atoms with Gasteiger partial charge < -0.3 is 14.6 Å². The van der Waals surface area contributed by atoms with Crippen molar-refractivity contribution in [3.8, 4) is 11.5 Å². The quantitative estimate of drug-likeness (QED) is 0.393. The lowest BCUT2D eigenvalue weighted by Crippen LogP contribution is -2.34. The van der Waals surface area contributed by atoms with Crippen LogP contribution in [0.25, 0.3) is 6.08 Å². The predicted molar refractivity (Wildman–Crippen MR) is 103 cm³/mol. The lowest BCUT2D eigenvalue weighted by Gasteiger charge is -2.11. The van der Waals surface area contributed by atoms with Crippen molar-refractivity contribution in [2.75, 3.05) is 19.8 Å². The van der Waals surface area contributed by atoms with Gasteiger partial charge in [0.05, 0.1) is 23.1 Å². The Balaban J connectivity index is 2.15. The van der Waals surface area contributed by atoms with E-state index in [1.54, 1.807) is 6.92 Å². The van der Waals surface area contributed by atoms with Crippen LogP contribution in [-0.2, 0) is 14.3 Å². The topological polar surface area (TPSA) is 93.1 Å². The van der Waals surface area contributed by atoms with E-state index in [0.29, 0.717) is 12.2 Å². The number of imide groups is 1. The highest BCUT2D eigenvalue weighted by molar-refractivity contribution is 8.18. The third kappa shape index (κ3) is 5.40. The van der Waals surface area contributed by atoms with Crippen molar-refractivity contribution in [3.63, 3.8) is 0 Å². The summed E-state index contributed by atoms with van der Waals surface area (Å²) in [6.07, 6.45) is 3.05. The predicted octanol–water partition coefficient (Wildman–Crippen LogP) is 3.82. The van der Waals surface area contributed by atoms with Gasteiger partial charge in [-0.3, -0.25) is 19.3 Å². The van der Waals surface area contributed by atoms with E-state index >= 15 is 0 Å². The van der Waals surface area contributed by atoms with Crippen LogP contribution < -0.4 is 4.74 Å². The van der Waals surface area contributed by atoms with E-state index in [-0.39, 0.29) is 28.0 Å². The molecule has 0 unspecified atom stereocenters. The van der Waals surface area contributed by atoms with Crippen molar-refractivity contribution in [1.29, 1.82) is 0 Å². The van der Waals surface area contributed by atoms with Crippen molar-refractivity contribution in [3.05, 3.63) is 27.6 Å². The molecule has 1 heterocycles. The monoisotopic (exact) mass is 413 g/mol. The van der Waals surface area contributed by atoms with Gasteiger partial charge in [0.25, 0.3) is 11.1 Å². The summed E-state index contributed by atoms with van der Waals surface area (Å²) in [5.41, 5.74) is 0.484. The lowest BCUT2D eigenvalue weighted by atomic mass is 10.2. The minimum Gasteiger partial charge on any atom is -0.503 e. The van der Waals surface area contributed by atoms with Crippen molar-refractivity contribution < 1.29 is 29.0 Å². The number of carbonyl (C=O) groups excluding carboxylic acids is 3. The maximum absolute atomic E-state index is 12.4. The van der Waals surface area contributed by atoms with Crippen LogP contribution >= 0.6 is 23.4 Å². The molecule has 0 aromatic heterocycles. The van der Waals surface area contributed by atoms with Gasteiger partial charge in [-0.2, -0.15) is 0 Å². The maximum atomic E-state index is 12.4. The van der Waals surface area contributed by atoms with E-state index in [0.717, 1.165) is 29.5 Å². The SMILES string of the molecule is CCCCOC(=O)CN1C(=O)S/C(=C\c2cc(Cl)c(O)c(OCC)c2)C1=O. The molecule has 2 amide bonds. The highest BCUT2D eigenvalue weighted by Crippen LogP contribution is 2.38. The van der Waals surface area contributed by atoms with Gasteiger partial charge in [-0.05, 0) is 48.9 Å². The summed E-state index contributed by atoms with van der Waals surface area (Å²) in [5.74, 6) is -1.23. The molecule has 0 spiro atoms. The van der Waals surface area contributed by atoms with E-state index in [4.69, 9.17) is 21.1 Å². The van der Waals surface area contributed by atoms with Crippen LogP contribution in [-0.4, -0.2) is 46.9 Å². The fourth-order valence-electron chi connectivity index (χ4n) is 2.24. The van der Waals surface area contributed by atoms with Crippen LogP contribution in [0.4, 0.5) is 4.79 Å². The molecule has 0 saturated carbocycles. The summed E-state index contributed by atoms with van der Waals surface area (Å²) in [6.45, 7) is 3.87. The van der Waals surface area contributed by atoms with Gasteiger partial charge in [-0.15, -0.1) is 0 Å². The molecule has 0 aliphatic carbocycles. The summed E-state index contributed by atoms with van der Waals surface area (Å²) in [4.78, 5) is 37.3. The third-order valence-electron chi connectivity index (χ3n) is 3.57. The number of halogens is 1. The summed E-state index contributed by atoms with van der Waals surface area (Å²) >= 11 is 6.69. The molecule has 0 radical (unpaired) electrons. The van der Waals surface area contributed by atoms with Crippen LogP contribution in [0.3, 0.4) is 0 Å². The average Bonchev–Trinajstić information content (AvgIpc) is 2.87. The molecule has 0 atom stereocenters. The van der Waals surface area contributed by atoms with Crippen molar-refractivity contribution in [1.82, 2.24) is 4.90 Å². The van der Waals surface area contributed by atoms with E-state index in [9.17, 15) is 19.5 Å². The first-order valence-electron chi connectivity index (χ1n) is 8.43. The third-order valence-corrected chi connectivity index (χ3v) is 4.77. The van der Waals surface area contributed by atoms with Crippen LogP contribution in [0.1, 0.15) is 32.3 Å². The molecule has 1 saturated heterocycles. The van der Waals surface area contributed by atoms with Crippen LogP contribution in [0.15, 0.2) is 17.0 Å². The Bertz CT molecular complexity index is 779. The molecule has 1 aliphatic rings. The molecule has 1 aromatic rings. The largest absolute Gasteiger partial charge is 0.503 e. The number of hydrogen-bond donors (Lipinski definition) is 1. The first kappa shape index (κ1) is 21.1. The number of carbonyl (C=O) groups is 3. The average molecular weight is 414 g/mol. The summed E-state index contributed by atoms with van der Waals surface area (Å²) in [5, 5.41) is 9.39. The smallest absolute Gasteiger partial charge is 0.326 e. The van der Waals surface area contributed by atoms with Gasteiger partial charge in [-0.1, -0.05) is 24.9 Å². The molecule has 7 nitrogen and oxygen atoms in total. The van der Waals surface area contributed by atoms with Crippen LogP contribution in [0, 0.1) is 0 Å². The number of thioether (sulfide) groups is 1. The van der Waals surface area contributed by atoms with Gasteiger partial charge in [0.15, 0.2) is 11.5 Å². The number of nitrogens with zero attached hydrogens (tertiary/aromatic N) is 1. The number of phenolic OH excluding ortho intramolecular Hbond substituents is 1. The van der Waals surface area contributed by atoms with Gasteiger partial charge in [0, 0.05) is 0 Å². The molecular formula is C18H20ClNO6S. The minimum absolute atomic E-state index is 0.0610. The molecule has 9 heteroatoms. The molecule has 1 fully saturated rings. The fraction of sp³-hybridized carbons (Fsp3) is 0.389. The zero-order valence-corrected chi connectivity index (χ0v) is 16.6. The number of aromatic hydroxyl groups is 1. The van der Waals surface area contributed by atoms with E-state index in [2.05, 4.69) is 0 Å². The first-order chi connectivity index (χ1) is 12.9. The van der Waals surface area contributed by atoms with Crippen LogP contribution in [0.2, 0.25) is 5.02 Å².